The van der Waals surface area contributed by atoms with Crippen molar-refractivity contribution in [3.8, 4) is 0 Å². The van der Waals surface area contributed by atoms with Gasteiger partial charge >= 0.3 is 0 Å². The quantitative estimate of drug-likeness (QED) is 0.875. The SMILES string of the molecule is CNC(CCc1cccnc1)c1ccsc1C. The molecule has 0 aliphatic rings. The number of pyridine rings is 1. The monoisotopic (exact) mass is 246 g/mol. The van der Waals surface area contributed by atoms with Crippen LogP contribution in [-0.4, -0.2) is 12.0 Å². The van der Waals surface area contributed by atoms with Crippen LogP contribution in [0.2, 0.25) is 0 Å². The van der Waals surface area contributed by atoms with E-state index in [1.807, 2.05) is 36.8 Å². The van der Waals surface area contributed by atoms with Crippen molar-refractivity contribution >= 4 is 11.3 Å². The molecule has 0 aromatic carbocycles. The Labute approximate surface area is 107 Å². The first-order valence-electron chi connectivity index (χ1n) is 5.91. The van der Waals surface area contributed by atoms with E-state index < -0.39 is 0 Å². The maximum atomic E-state index is 4.15. The van der Waals surface area contributed by atoms with E-state index >= 15 is 0 Å². The van der Waals surface area contributed by atoms with Gasteiger partial charge in [0.15, 0.2) is 0 Å². The summed E-state index contributed by atoms with van der Waals surface area (Å²) in [5, 5.41) is 5.57. The highest BCUT2D eigenvalue weighted by molar-refractivity contribution is 7.10. The number of nitrogens with one attached hydrogen (secondary N) is 1. The molecule has 0 saturated carbocycles. The number of nitrogens with zero attached hydrogens (tertiary/aromatic N) is 1. The van der Waals surface area contributed by atoms with Crippen LogP contribution in [0.5, 0.6) is 0 Å². The maximum Gasteiger partial charge on any atom is 0.0331 e. The van der Waals surface area contributed by atoms with Gasteiger partial charge in [-0.05, 0) is 55.5 Å². The van der Waals surface area contributed by atoms with Crippen molar-refractivity contribution in [1.29, 1.82) is 0 Å². The average Bonchev–Trinajstić information content (AvgIpc) is 2.78. The highest BCUT2D eigenvalue weighted by atomic mass is 32.1. The normalized spacial score (nSPS) is 12.6. The molecule has 1 N–H and O–H groups in total. The Morgan fingerprint density at radius 2 is 2.29 bits per heavy atom. The van der Waals surface area contributed by atoms with Crippen LogP contribution in [0.1, 0.15) is 28.5 Å². The van der Waals surface area contributed by atoms with Gasteiger partial charge in [-0.1, -0.05) is 6.07 Å². The van der Waals surface area contributed by atoms with Crippen molar-refractivity contribution < 1.29 is 0 Å². The lowest BCUT2D eigenvalue weighted by molar-refractivity contribution is 0.548. The zero-order chi connectivity index (χ0) is 12.1. The lowest BCUT2D eigenvalue weighted by Gasteiger charge is -2.16. The van der Waals surface area contributed by atoms with Crippen molar-refractivity contribution in [2.24, 2.45) is 0 Å². The second kappa shape index (κ2) is 5.94. The fraction of sp³-hybridized carbons (Fsp3) is 0.357. The third-order valence-electron chi connectivity index (χ3n) is 3.07. The van der Waals surface area contributed by atoms with Crippen LogP contribution in [0.3, 0.4) is 0 Å². The highest BCUT2D eigenvalue weighted by Crippen LogP contribution is 2.25. The second-order valence-corrected chi connectivity index (χ2v) is 5.29. The summed E-state index contributed by atoms with van der Waals surface area (Å²) in [4.78, 5) is 5.56. The molecule has 2 aromatic rings. The molecule has 90 valence electrons. The predicted octanol–water partition coefficient (Wildman–Crippen LogP) is 3.34. The molecule has 0 aliphatic heterocycles. The zero-order valence-corrected chi connectivity index (χ0v) is 11.1. The smallest absolute Gasteiger partial charge is 0.0331 e. The summed E-state index contributed by atoms with van der Waals surface area (Å²) in [7, 11) is 2.03. The van der Waals surface area contributed by atoms with Crippen LogP contribution in [0, 0.1) is 6.92 Å². The van der Waals surface area contributed by atoms with Crippen molar-refractivity contribution in [3.05, 3.63) is 52.0 Å². The molecule has 0 fully saturated rings. The lowest BCUT2D eigenvalue weighted by Crippen LogP contribution is -2.17. The van der Waals surface area contributed by atoms with Gasteiger partial charge in [0.1, 0.15) is 0 Å². The number of rotatable bonds is 5. The summed E-state index contributed by atoms with van der Waals surface area (Å²) in [6.45, 7) is 2.19. The van der Waals surface area contributed by atoms with E-state index in [1.165, 1.54) is 16.0 Å². The minimum Gasteiger partial charge on any atom is -0.313 e. The van der Waals surface area contributed by atoms with Crippen LogP contribution in [-0.2, 0) is 6.42 Å². The molecular weight excluding hydrogens is 228 g/mol. The van der Waals surface area contributed by atoms with Gasteiger partial charge in [0, 0.05) is 23.3 Å². The largest absolute Gasteiger partial charge is 0.313 e. The van der Waals surface area contributed by atoms with Gasteiger partial charge < -0.3 is 5.32 Å². The van der Waals surface area contributed by atoms with E-state index in [-0.39, 0.29) is 0 Å². The molecule has 2 aromatic heterocycles. The van der Waals surface area contributed by atoms with Gasteiger partial charge in [-0.25, -0.2) is 0 Å². The van der Waals surface area contributed by atoms with Crippen LogP contribution in [0.4, 0.5) is 0 Å². The molecule has 0 aliphatic carbocycles. The number of hydrogen-bond donors (Lipinski definition) is 1. The molecular formula is C14H18N2S. The molecule has 1 unspecified atom stereocenters. The van der Waals surface area contributed by atoms with E-state index in [0.717, 1.165) is 12.8 Å². The number of hydrogen-bond acceptors (Lipinski definition) is 3. The Balaban J connectivity index is 2.00. The molecule has 0 spiro atoms. The lowest BCUT2D eigenvalue weighted by atomic mass is 10.0. The van der Waals surface area contributed by atoms with Crippen LogP contribution in [0.25, 0.3) is 0 Å². The Morgan fingerprint density at radius 1 is 1.41 bits per heavy atom. The minimum atomic E-state index is 0.446. The standard InChI is InChI=1S/C14H18N2S/c1-11-13(7-9-17-11)14(15-2)6-5-12-4-3-8-16-10-12/h3-4,7-10,14-15H,5-6H2,1-2H3. The highest BCUT2D eigenvalue weighted by Gasteiger charge is 2.12. The first-order valence-corrected chi connectivity index (χ1v) is 6.79. The first kappa shape index (κ1) is 12.3. The molecule has 0 amide bonds. The van der Waals surface area contributed by atoms with Crippen LogP contribution >= 0.6 is 11.3 Å². The van der Waals surface area contributed by atoms with E-state index in [2.05, 4.69) is 34.7 Å². The maximum absolute atomic E-state index is 4.15. The summed E-state index contributed by atoms with van der Waals surface area (Å²) < 4.78 is 0. The number of aryl methyl sites for hydroxylation is 2. The summed E-state index contributed by atoms with van der Waals surface area (Å²) in [6.07, 6.45) is 5.95. The van der Waals surface area contributed by atoms with Crippen molar-refractivity contribution in [2.75, 3.05) is 7.05 Å². The molecule has 0 radical (unpaired) electrons. The minimum absolute atomic E-state index is 0.446. The number of thiophene rings is 1. The van der Waals surface area contributed by atoms with Gasteiger partial charge in [0.2, 0.25) is 0 Å². The van der Waals surface area contributed by atoms with Gasteiger partial charge in [-0.3, -0.25) is 4.98 Å². The molecule has 3 heteroatoms. The summed E-state index contributed by atoms with van der Waals surface area (Å²) >= 11 is 1.82. The second-order valence-electron chi connectivity index (χ2n) is 4.17. The van der Waals surface area contributed by atoms with E-state index in [0.29, 0.717) is 6.04 Å². The molecule has 2 heterocycles. The van der Waals surface area contributed by atoms with Gasteiger partial charge in [0.25, 0.3) is 0 Å². The topological polar surface area (TPSA) is 24.9 Å². The Morgan fingerprint density at radius 3 is 2.88 bits per heavy atom. The van der Waals surface area contributed by atoms with Crippen molar-refractivity contribution in [3.63, 3.8) is 0 Å². The van der Waals surface area contributed by atoms with Crippen molar-refractivity contribution in [1.82, 2.24) is 10.3 Å². The Bertz CT molecular complexity index is 450. The third-order valence-corrected chi connectivity index (χ3v) is 3.93. The van der Waals surface area contributed by atoms with Crippen LogP contribution in [0.15, 0.2) is 36.0 Å². The fourth-order valence-electron chi connectivity index (χ4n) is 2.07. The van der Waals surface area contributed by atoms with Gasteiger partial charge in [-0.2, -0.15) is 0 Å². The van der Waals surface area contributed by atoms with Gasteiger partial charge in [-0.15, -0.1) is 11.3 Å². The Hall–Kier alpha value is -1.19. The Kier molecular flexibility index (Phi) is 4.29. The van der Waals surface area contributed by atoms with E-state index in [4.69, 9.17) is 0 Å². The fourth-order valence-corrected chi connectivity index (χ4v) is 2.83. The van der Waals surface area contributed by atoms with E-state index in [9.17, 15) is 0 Å². The molecule has 0 bridgehead atoms. The first-order chi connectivity index (χ1) is 8.31. The van der Waals surface area contributed by atoms with E-state index in [1.54, 1.807) is 0 Å². The van der Waals surface area contributed by atoms with Crippen LogP contribution < -0.4 is 5.32 Å². The third kappa shape index (κ3) is 3.14. The molecule has 2 nitrogen and oxygen atoms in total. The summed E-state index contributed by atoms with van der Waals surface area (Å²) in [5.41, 5.74) is 2.74. The summed E-state index contributed by atoms with van der Waals surface area (Å²) in [5.74, 6) is 0. The van der Waals surface area contributed by atoms with Crippen molar-refractivity contribution in [2.45, 2.75) is 25.8 Å². The molecule has 17 heavy (non-hydrogen) atoms. The van der Waals surface area contributed by atoms with Gasteiger partial charge in [0.05, 0.1) is 0 Å². The molecule has 0 saturated heterocycles. The summed E-state index contributed by atoms with van der Waals surface area (Å²) in [6, 6.07) is 6.81. The predicted molar refractivity (Wildman–Crippen MR) is 73.4 cm³/mol. The molecule has 2 rings (SSSR count). The zero-order valence-electron chi connectivity index (χ0n) is 10.3. The number of aromatic nitrogens is 1. The average molecular weight is 246 g/mol. The molecule has 1 atom stereocenters.